The van der Waals surface area contributed by atoms with Crippen LogP contribution in [0.5, 0.6) is 11.5 Å². The molecule has 0 aliphatic heterocycles. The van der Waals surface area contributed by atoms with Gasteiger partial charge in [-0.25, -0.2) is 4.79 Å². The third-order valence-electron chi connectivity index (χ3n) is 7.05. The number of nitrogens with one attached hydrogen (secondary N) is 2. The van der Waals surface area contributed by atoms with Crippen molar-refractivity contribution >= 4 is 35.0 Å². The third-order valence-corrected chi connectivity index (χ3v) is 7.36. The Labute approximate surface area is 225 Å². The summed E-state index contributed by atoms with van der Waals surface area (Å²) in [4.78, 5) is 24.9. The Hall–Kier alpha value is -2.93. The maximum atomic E-state index is 13.2. The van der Waals surface area contributed by atoms with Crippen molar-refractivity contribution in [2.75, 3.05) is 17.2 Å². The highest BCUT2D eigenvalue weighted by Crippen LogP contribution is 2.39. The molecule has 1 atom stereocenters. The van der Waals surface area contributed by atoms with Crippen LogP contribution in [0.1, 0.15) is 85.8 Å². The van der Waals surface area contributed by atoms with Crippen molar-refractivity contribution < 1.29 is 24.2 Å². The Kier molecular flexibility index (Phi) is 10.3. The van der Waals surface area contributed by atoms with E-state index in [1.54, 1.807) is 6.92 Å². The first-order chi connectivity index (χ1) is 17.3. The van der Waals surface area contributed by atoms with E-state index in [4.69, 9.17) is 21.1 Å². The first kappa shape index (κ1) is 30.3. The third kappa shape index (κ3) is 7.54. The average Bonchev–Trinajstić information content (AvgIpc) is 2.85. The van der Waals surface area contributed by atoms with Gasteiger partial charge < -0.3 is 19.9 Å². The molecule has 37 heavy (non-hydrogen) atoms. The second-order valence-corrected chi connectivity index (χ2v) is 10.8. The maximum absolute atomic E-state index is 13.2. The Morgan fingerprint density at radius 3 is 2.16 bits per heavy atom. The summed E-state index contributed by atoms with van der Waals surface area (Å²) in [7, 11) is 0. The fourth-order valence-electron chi connectivity index (χ4n) is 3.70. The average molecular weight is 533 g/mol. The number of amides is 2. The van der Waals surface area contributed by atoms with Gasteiger partial charge in [0.15, 0.2) is 6.10 Å². The number of ether oxygens (including phenoxy) is 2. The highest BCUT2D eigenvalue weighted by atomic mass is 35.5. The molecule has 2 rings (SSSR count). The van der Waals surface area contributed by atoms with Crippen molar-refractivity contribution in [2.45, 2.75) is 91.6 Å². The van der Waals surface area contributed by atoms with Crippen LogP contribution in [0.15, 0.2) is 30.3 Å². The Bertz CT molecular complexity index is 1110. The number of anilines is 2. The van der Waals surface area contributed by atoms with E-state index < -0.39 is 18.1 Å². The van der Waals surface area contributed by atoms with Gasteiger partial charge in [-0.1, -0.05) is 72.2 Å². The molecule has 3 N–H and O–H groups in total. The number of phenolic OH excluding ortho intramolecular Hbond substituents is 1. The minimum Gasteiger partial charge on any atom is -0.506 e. The summed E-state index contributed by atoms with van der Waals surface area (Å²) < 4.78 is 11.1. The van der Waals surface area contributed by atoms with Gasteiger partial charge in [-0.15, -0.1) is 0 Å². The van der Waals surface area contributed by atoms with Gasteiger partial charge in [0.2, 0.25) is 0 Å². The van der Waals surface area contributed by atoms with Crippen molar-refractivity contribution in [2.24, 2.45) is 0 Å². The number of hydrogen-bond acceptors (Lipinski definition) is 5. The van der Waals surface area contributed by atoms with Crippen molar-refractivity contribution in [3.63, 3.8) is 0 Å². The Balaban J connectivity index is 2.32. The topological polar surface area (TPSA) is 96.9 Å². The van der Waals surface area contributed by atoms with Gasteiger partial charge in [0.1, 0.15) is 11.5 Å². The van der Waals surface area contributed by atoms with Gasteiger partial charge in [0, 0.05) is 11.6 Å². The molecular formula is C29H41ClN2O5. The van der Waals surface area contributed by atoms with Gasteiger partial charge >= 0.3 is 6.09 Å². The zero-order chi connectivity index (χ0) is 28.0. The molecule has 7 nitrogen and oxygen atoms in total. The first-order valence-corrected chi connectivity index (χ1v) is 13.3. The minimum absolute atomic E-state index is 0.0176. The largest absolute Gasteiger partial charge is 0.506 e. The van der Waals surface area contributed by atoms with Crippen LogP contribution in [0.3, 0.4) is 0 Å². The molecule has 204 valence electrons. The van der Waals surface area contributed by atoms with Crippen LogP contribution in [-0.4, -0.2) is 29.8 Å². The molecule has 1 unspecified atom stereocenters. The molecule has 0 spiro atoms. The smallest absolute Gasteiger partial charge is 0.411 e. The number of hydrogen-bond donors (Lipinski definition) is 3. The summed E-state index contributed by atoms with van der Waals surface area (Å²) in [6.45, 7) is 16.8. The summed E-state index contributed by atoms with van der Waals surface area (Å²) in [5.74, 6) is -0.00251. The van der Waals surface area contributed by atoms with E-state index in [1.807, 2.05) is 13.0 Å². The molecule has 0 fully saturated rings. The van der Waals surface area contributed by atoms with E-state index in [0.717, 1.165) is 18.4 Å². The molecular weight excluding hydrogens is 492 g/mol. The Morgan fingerprint density at radius 2 is 1.59 bits per heavy atom. The van der Waals surface area contributed by atoms with Crippen LogP contribution in [0.2, 0.25) is 5.02 Å². The van der Waals surface area contributed by atoms with E-state index in [9.17, 15) is 14.7 Å². The van der Waals surface area contributed by atoms with Crippen LogP contribution in [0, 0.1) is 0 Å². The quantitative estimate of drug-likeness (QED) is 0.257. The standard InChI is InChI=1S/C29H41ClN2O5/c1-9-24(26(34)31-22-16-20(30)21(17-23(22)33)32-27(35)36-12-4)37-25-14-13-18(28(5,6)10-2)15-19(25)29(7,8)11-3/h13-17,24,33H,9-12H2,1-8H3,(H,31,34)(H,32,35). The molecule has 0 aliphatic rings. The van der Waals surface area contributed by atoms with E-state index in [2.05, 4.69) is 64.3 Å². The lowest BCUT2D eigenvalue weighted by Gasteiger charge is -2.31. The zero-order valence-corrected chi connectivity index (χ0v) is 24.0. The molecule has 0 bridgehead atoms. The van der Waals surface area contributed by atoms with Crippen molar-refractivity contribution in [3.8, 4) is 11.5 Å². The van der Waals surface area contributed by atoms with E-state index in [1.165, 1.54) is 17.7 Å². The highest BCUT2D eigenvalue weighted by molar-refractivity contribution is 6.34. The Morgan fingerprint density at radius 1 is 0.946 bits per heavy atom. The van der Waals surface area contributed by atoms with Crippen LogP contribution in [0.4, 0.5) is 16.2 Å². The number of phenols is 1. The fourth-order valence-corrected chi connectivity index (χ4v) is 3.91. The predicted octanol–water partition coefficient (Wildman–Crippen LogP) is 7.79. The number of carbonyl (C=O) groups is 2. The lowest BCUT2D eigenvalue weighted by atomic mass is 9.76. The summed E-state index contributed by atoms with van der Waals surface area (Å²) >= 11 is 6.26. The first-order valence-electron chi connectivity index (χ1n) is 12.9. The number of rotatable bonds is 11. The summed E-state index contributed by atoms with van der Waals surface area (Å²) in [6, 6.07) is 8.86. The lowest BCUT2D eigenvalue weighted by Crippen LogP contribution is -2.33. The van der Waals surface area contributed by atoms with Crippen LogP contribution < -0.4 is 15.4 Å². The van der Waals surface area contributed by atoms with E-state index >= 15 is 0 Å². The summed E-state index contributed by atoms with van der Waals surface area (Å²) in [5.41, 5.74) is 2.43. The zero-order valence-electron chi connectivity index (χ0n) is 23.3. The van der Waals surface area contributed by atoms with Gasteiger partial charge in [-0.3, -0.25) is 10.1 Å². The number of benzene rings is 2. The normalized spacial score (nSPS) is 12.6. The van der Waals surface area contributed by atoms with E-state index in [-0.39, 0.29) is 39.6 Å². The van der Waals surface area contributed by atoms with Gasteiger partial charge in [0.05, 0.1) is 23.0 Å². The molecule has 2 aromatic carbocycles. The molecule has 2 aromatic rings. The molecule has 0 radical (unpaired) electrons. The number of halogens is 1. The second kappa shape index (κ2) is 12.5. The van der Waals surface area contributed by atoms with Gasteiger partial charge in [-0.05, 0) is 54.7 Å². The highest BCUT2D eigenvalue weighted by Gasteiger charge is 2.29. The SMILES string of the molecule is CCOC(=O)Nc1cc(O)c(NC(=O)C(CC)Oc2ccc(C(C)(C)CC)cc2C(C)(C)CC)cc1Cl. The van der Waals surface area contributed by atoms with Gasteiger partial charge in [0.25, 0.3) is 5.91 Å². The van der Waals surface area contributed by atoms with Crippen LogP contribution in [0.25, 0.3) is 0 Å². The van der Waals surface area contributed by atoms with Gasteiger partial charge in [-0.2, -0.15) is 0 Å². The monoisotopic (exact) mass is 532 g/mol. The summed E-state index contributed by atoms with van der Waals surface area (Å²) in [6.07, 6.45) is 0.822. The molecule has 0 aliphatic carbocycles. The molecule has 0 aromatic heterocycles. The van der Waals surface area contributed by atoms with Crippen LogP contribution >= 0.6 is 11.6 Å². The molecule has 0 saturated heterocycles. The molecule has 0 heterocycles. The van der Waals surface area contributed by atoms with Crippen LogP contribution in [-0.2, 0) is 20.4 Å². The van der Waals surface area contributed by atoms with Crippen molar-refractivity contribution in [3.05, 3.63) is 46.5 Å². The lowest BCUT2D eigenvalue weighted by molar-refractivity contribution is -0.122. The summed E-state index contributed by atoms with van der Waals surface area (Å²) in [5, 5.41) is 15.7. The number of carbonyl (C=O) groups excluding carboxylic acids is 2. The fraction of sp³-hybridized carbons (Fsp3) is 0.517. The number of aromatic hydroxyl groups is 1. The molecule has 0 saturated carbocycles. The van der Waals surface area contributed by atoms with Crippen molar-refractivity contribution in [1.82, 2.24) is 0 Å². The second-order valence-electron chi connectivity index (χ2n) is 10.4. The van der Waals surface area contributed by atoms with Crippen molar-refractivity contribution in [1.29, 1.82) is 0 Å². The minimum atomic E-state index is -0.799. The predicted molar refractivity (Wildman–Crippen MR) is 150 cm³/mol. The molecule has 8 heteroatoms. The van der Waals surface area contributed by atoms with E-state index in [0.29, 0.717) is 12.2 Å². The maximum Gasteiger partial charge on any atom is 0.411 e. The molecule has 2 amide bonds.